The van der Waals surface area contributed by atoms with Crippen molar-refractivity contribution in [3.8, 4) is 22.4 Å². The van der Waals surface area contributed by atoms with E-state index in [4.69, 9.17) is 0 Å². The van der Waals surface area contributed by atoms with Crippen molar-refractivity contribution in [3.63, 3.8) is 0 Å². The number of amides is 1. The van der Waals surface area contributed by atoms with Crippen LogP contribution in [0.15, 0.2) is 85.1 Å². The van der Waals surface area contributed by atoms with Gasteiger partial charge in [0.25, 0.3) is 5.91 Å². The summed E-state index contributed by atoms with van der Waals surface area (Å²) in [4.78, 5) is 14.2. The third-order valence-electron chi connectivity index (χ3n) is 6.15. The second-order valence-corrected chi connectivity index (χ2v) is 8.47. The Morgan fingerprint density at radius 3 is 2.29 bits per heavy atom. The largest absolute Gasteiger partial charge is 0.417 e. The first-order chi connectivity index (χ1) is 18.1. The molecule has 4 nitrogen and oxygen atoms in total. The molecule has 0 bridgehead atoms. The van der Waals surface area contributed by atoms with Crippen LogP contribution in [0.2, 0.25) is 0 Å². The normalized spacial score (nSPS) is 11.7. The highest BCUT2D eigenvalue weighted by atomic mass is 19.4. The van der Waals surface area contributed by atoms with Gasteiger partial charge in [-0.3, -0.25) is 4.79 Å². The van der Waals surface area contributed by atoms with Crippen molar-refractivity contribution in [2.24, 2.45) is 0 Å². The average Bonchev–Trinajstić information content (AvgIpc) is 3.33. The van der Waals surface area contributed by atoms with Crippen molar-refractivity contribution >= 4 is 17.1 Å². The van der Waals surface area contributed by atoms with E-state index in [0.717, 1.165) is 35.2 Å². The van der Waals surface area contributed by atoms with Crippen molar-refractivity contribution < 1.29 is 31.1 Å². The molecule has 0 aliphatic carbocycles. The van der Waals surface area contributed by atoms with Gasteiger partial charge in [0.1, 0.15) is 5.82 Å². The fourth-order valence-corrected chi connectivity index (χ4v) is 4.24. The number of nitrogens with zero attached hydrogens (tertiary/aromatic N) is 3. The molecule has 0 fully saturated rings. The molecule has 2 heterocycles. The Kier molecular flexibility index (Phi) is 6.18. The SMILES string of the molecule is CN(C(=O)c1cc(-c2cccc3c(-c4cccc(F)c4F)cnn23)ccc1C(F)(F)F)c1ccc(F)cc1. The highest BCUT2D eigenvalue weighted by molar-refractivity contribution is 6.07. The molecule has 192 valence electrons. The van der Waals surface area contributed by atoms with Gasteiger partial charge in [0.2, 0.25) is 0 Å². The van der Waals surface area contributed by atoms with Gasteiger partial charge in [-0.25, -0.2) is 17.7 Å². The summed E-state index contributed by atoms with van der Waals surface area (Å²) < 4.78 is 84.6. The molecule has 0 aliphatic heterocycles. The minimum Gasteiger partial charge on any atom is -0.311 e. The van der Waals surface area contributed by atoms with E-state index in [0.29, 0.717) is 11.2 Å². The van der Waals surface area contributed by atoms with Gasteiger partial charge in [0.05, 0.1) is 28.5 Å². The molecule has 0 atom stereocenters. The lowest BCUT2D eigenvalue weighted by molar-refractivity contribution is -0.137. The van der Waals surface area contributed by atoms with E-state index < -0.39 is 40.7 Å². The van der Waals surface area contributed by atoms with E-state index >= 15 is 0 Å². The van der Waals surface area contributed by atoms with E-state index in [-0.39, 0.29) is 22.4 Å². The zero-order valence-corrected chi connectivity index (χ0v) is 19.6. The van der Waals surface area contributed by atoms with E-state index in [9.17, 15) is 31.1 Å². The number of fused-ring (bicyclic) bond motifs is 1. The Bertz CT molecular complexity index is 1680. The molecule has 0 radical (unpaired) electrons. The molecule has 0 saturated carbocycles. The summed E-state index contributed by atoms with van der Waals surface area (Å²) in [7, 11) is 1.29. The van der Waals surface area contributed by atoms with Gasteiger partial charge in [-0.2, -0.15) is 18.3 Å². The zero-order chi connectivity index (χ0) is 27.2. The lowest BCUT2D eigenvalue weighted by atomic mass is 9.99. The second-order valence-electron chi connectivity index (χ2n) is 8.47. The molecule has 38 heavy (non-hydrogen) atoms. The quantitative estimate of drug-likeness (QED) is 0.230. The molecule has 5 rings (SSSR count). The highest BCUT2D eigenvalue weighted by Gasteiger charge is 2.36. The van der Waals surface area contributed by atoms with Crippen LogP contribution in [-0.4, -0.2) is 22.6 Å². The number of alkyl halides is 3. The van der Waals surface area contributed by atoms with Crippen LogP contribution in [0.5, 0.6) is 0 Å². The van der Waals surface area contributed by atoms with Gasteiger partial charge in [-0.1, -0.05) is 24.3 Å². The number of carbonyl (C=O) groups is 1. The summed E-state index contributed by atoms with van der Waals surface area (Å²) in [5.41, 5.74) is -0.386. The van der Waals surface area contributed by atoms with Gasteiger partial charge in [0.15, 0.2) is 11.6 Å². The Balaban J connectivity index is 1.64. The van der Waals surface area contributed by atoms with E-state index in [1.807, 2.05) is 0 Å². The lowest BCUT2D eigenvalue weighted by Gasteiger charge is -2.21. The summed E-state index contributed by atoms with van der Waals surface area (Å²) in [6.45, 7) is 0. The van der Waals surface area contributed by atoms with E-state index in [2.05, 4.69) is 5.10 Å². The van der Waals surface area contributed by atoms with Crippen molar-refractivity contribution in [2.75, 3.05) is 11.9 Å². The lowest BCUT2D eigenvalue weighted by Crippen LogP contribution is -2.28. The molecule has 0 N–H and O–H groups in total. The van der Waals surface area contributed by atoms with Crippen LogP contribution in [0.4, 0.5) is 32.0 Å². The van der Waals surface area contributed by atoms with Crippen LogP contribution < -0.4 is 4.90 Å². The summed E-state index contributed by atoms with van der Waals surface area (Å²) in [6, 6.07) is 16.4. The van der Waals surface area contributed by atoms with Crippen molar-refractivity contribution in [1.82, 2.24) is 9.61 Å². The average molecular weight is 525 g/mol. The number of pyridine rings is 1. The summed E-state index contributed by atoms with van der Waals surface area (Å²) in [5, 5.41) is 4.25. The van der Waals surface area contributed by atoms with Crippen molar-refractivity contribution in [1.29, 1.82) is 0 Å². The maximum Gasteiger partial charge on any atom is 0.417 e. The van der Waals surface area contributed by atoms with Gasteiger partial charge < -0.3 is 4.90 Å². The smallest absolute Gasteiger partial charge is 0.311 e. The number of rotatable bonds is 4. The molecule has 10 heteroatoms. The number of halogens is 6. The van der Waals surface area contributed by atoms with E-state index in [1.54, 1.807) is 18.2 Å². The van der Waals surface area contributed by atoms with Crippen LogP contribution in [0.1, 0.15) is 15.9 Å². The number of aromatic nitrogens is 2. The number of carbonyl (C=O) groups excluding carboxylic acids is 1. The number of hydrogen-bond acceptors (Lipinski definition) is 2. The Morgan fingerprint density at radius 2 is 1.58 bits per heavy atom. The molecule has 0 saturated heterocycles. The Labute approximate surface area is 212 Å². The van der Waals surface area contributed by atoms with Crippen molar-refractivity contribution in [2.45, 2.75) is 6.18 Å². The summed E-state index contributed by atoms with van der Waals surface area (Å²) in [5.74, 6) is -3.61. The standard InChI is InChI=1S/C28H17F6N3O/c1-36(18-11-9-17(29)10-12-18)27(38)20-14-16(8-13-22(20)28(32,33)34)24-6-3-7-25-21(15-35-37(24)25)19-4-2-5-23(30)26(19)31/h2-15H,1H3. The van der Waals surface area contributed by atoms with E-state index in [1.165, 1.54) is 48.1 Å². The maximum absolute atomic E-state index is 14.5. The Morgan fingerprint density at radius 1 is 0.868 bits per heavy atom. The third kappa shape index (κ3) is 4.38. The summed E-state index contributed by atoms with van der Waals surface area (Å²) >= 11 is 0. The summed E-state index contributed by atoms with van der Waals surface area (Å²) in [6.07, 6.45) is -3.50. The van der Waals surface area contributed by atoms with Crippen LogP contribution in [-0.2, 0) is 6.18 Å². The monoisotopic (exact) mass is 525 g/mol. The molecule has 0 aliphatic rings. The van der Waals surface area contributed by atoms with Gasteiger partial charge in [-0.05, 0) is 54.6 Å². The minimum atomic E-state index is -4.83. The molecule has 1 amide bonds. The van der Waals surface area contributed by atoms with Crippen LogP contribution in [0.25, 0.3) is 27.9 Å². The highest BCUT2D eigenvalue weighted by Crippen LogP contribution is 2.36. The predicted octanol–water partition coefficient (Wildman–Crippen LogP) is 7.38. The fourth-order valence-electron chi connectivity index (χ4n) is 4.24. The molecule has 3 aromatic carbocycles. The number of benzene rings is 3. The predicted molar refractivity (Wildman–Crippen MR) is 130 cm³/mol. The van der Waals surface area contributed by atoms with Gasteiger partial charge in [0, 0.05) is 29.4 Å². The molecule has 0 spiro atoms. The number of hydrogen-bond donors (Lipinski definition) is 0. The van der Waals surface area contributed by atoms with Crippen LogP contribution in [0.3, 0.4) is 0 Å². The minimum absolute atomic E-state index is 0.0265. The van der Waals surface area contributed by atoms with Crippen molar-refractivity contribution in [3.05, 3.63) is 114 Å². The van der Waals surface area contributed by atoms with Gasteiger partial charge >= 0.3 is 6.18 Å². The molecular formula is C28H17F6N3O. The fraction of sp³-hybridized carbons (Fsp3) is 0.0714. The van der Waals surface area contributed by atoms with Crippen LogP contribution in [0, 0.1) is 17.5 Å². The molecule has 5 aromatic rings. The van der Waals surface area contributed by atoms with Gasteiger partial charge in [-0.15, -0.1) is 0 Å². The van der Waals surface area contributed by atoms with Crippen LogP contribution >= 0.6 is 0 Å². The second kappa shape index (κ2) is 9.37. The molecule has 2 aromatic heterocycles. The Hall–Kier alpha value is -4.60. The maximum atomic E-state index is 14.5. The first-order valence-electron chi connectivity index (χ1n) is 11.2. The molecule has 0 unspecified atom stereocenters. The first kappa shape index (κ1) is 25.1. The molecular weight excluding hydrogens is 508 g/mol. The number of anilines is 1. The topological polar surface area (TPSA) is 37.6 Å². The zero-order valence-electron chi connectivity index (χ0n) is 19.6. The third-order valence-corrected chi connectivity index (χ3v) is 6.15. The first-order valence-corrected chi connectivity index (χ1v) is 11.2.